The minimum absolute atomic E-state index is 0.0528. The van der Waals surface area contributed by atoms with Crippen molar-refractivity contribution in [2.45, 2.75) is 19.5 Å². The molecule has 6 nitrogen and oxygen atoms in total. The zero-order chi connectivity index (χ0) is 11.4. The number of hydrogen-bond donors (Lipinski definition) is 2. The van der Waals surface area contributed by atoms with Crippen LogP contribution in [0.2, 0.25) is 0 Å². The zero-order valence-corrected chi connectivity index (χ0v) is 9.23. The summed E-state index contributed by atoms with van der Waals surface area (Å²) in [5.41, 5.74) is 1.03. The molecule has 0 amide bonds. The molecule has 2 aromatic rings. The average molecular weight is 222 g/mol. The highest BCUT2D eigenvalue weighted by Crippen LogP contribution is 2.13. The molecular formula is C10H14N4O2. The summed E-state index contributed by atoms with van der Waals surface area (Å²) in [6.45, 7) is 2.55. The fraction of sp³-hybridized carbons (Fsp3) is 0.400. The van der Waals surface area contributed by atoms with Gasteiger partial charge < -0.3 is 19.5 Å². The van der Waals surface area contributed by atoms with Crippen LogP contribution >= 0.6 is 0 Å². The molecule has 0 bridgehead atoms. The lowest BCUT2D eigenvalue weighted by Gasteiger charge is -2.02. The van der Waals surface area contributed by atoms with Crippen LogP contribution in [-0.2, 0) is 6.54 Å². The van der Waals surface area contributed by atoms with Crippen molar-refractivity contribution in [3.05, 3.63) is 30.0 Å². The number of rotatable bonds is 5. The quantitative estimate of drug-likeness (QED) is 0.799. The van der Waals surface area contributed by atoms with Crippen molar-refractivity contribution in [3.8, 4) is 0 Å². The van der Waals surface area contributed by atoms with Crippen LogP contribution in [0, 0.1) is 0 Å². The van der Waals surface area contributed by atoms with Crippen LogP contribution in [0.1, 0.15) is 24.4 Å². The molecular weight excluding hydrogens is 208 g/mol. The molecule has 0 aromatic carbocycles. The van der Waals surface area contributed by atoms with Crippen molar-refractivity contribution in [2.24, 2.45) is 0 Å². The Bertz CT molecular complexity index is 424. The van der Waals surface area contributed by atoms with Gasteiger partial charge in [-0.25, -0.2) is 0 Å². The van der Waals surface area contributed by atoms with Gasteiger partial charge in [0.05, 0.1) is 18.6 Å². The summed E-state index contributed by atoms with van der Waals surface area (Å²) in [4.78, 5) is 0. The van der Waals surface area contributed by atoms with E-state index < -0.39 is 0 Å². The van der Waals surface area contributed by atoms with E-state index in [9.17, 15) is 0 Å². The lowest BCUT2D eigenvalue weighted by molar-refractivity contribution is 0.441. The first-order valence-electron chi connectivity index (χ1n) is 5.05. The van der Waals surface area contributed by atoms with Gasteiger partial charge in [0.1, 0.15) is 0 Å². The van der Waals surface area contributed by atoms with E-state index in [0.717, 1.165) is 5.56 Å². The molecule has 2 N–H and O–H groups in total. The van der Waals surface area contributed by atoms with Gasteiger partial charge in [-0.15, -0.1) is 5.10 Å². The molecule has 16 heavy (non-hydrogen) atoms. The van der Waals surface area contributed by atoms with Gasteiger partial charge in [-0.05, 0) is 20.0 Å². The second-order valence-corrected chi connectivity index (χ2v) is 3.44. The Morgan fingerprint density at radius 1 is 1.44 bits per heavy atom. The number of nitrogens with one attached hydrogen (secondary N) is 2. The monoisotopic (exact) mass is 222 g/mol. The zero-order valence-electron chi connectivity index (χ0n) is 9.23. The van der Waals surface area contributed by atoms with Crippen molar-refractivity contribution < 1.29 is 8.83 Å². The SMILES string of the molecule is CNC(C)c1nnc(NCc2ccoc2)o1. The summed E-state index contributed by atoms with van der Waals surface area (Å²) in [5, 5.41) is 13.9. The second-order valence-electron chi connectivity index (χ2n) is 3.44. The van der Waals surface area contributed by atoms with Gasteiger partial charge in [0.2, 0.25) is 5.89 Å². The maximum atomic E-state index is 5.41. The molecule has 86 valence electrons. The molecule has 0 aliphatic rings. The van der Waals surface area contributed by atoms with Crippen LogP contribution in [0.25, 0.3) is 0 Å². The van der Waals surface area contributed by atoms with Crippen molar-refractivity contribution in [3.63, 3.8) is 0 Å². The maximum absolute atomic E-state index is 5.41. The van der Waals surface area contributed by atoms with E-state index in [1.54, 1.807) is 12.5 Å². The highest BCUT2D eigenvalue weighted by Gasteiger charge is 2.11. The number of aromatic nitrogens is 2. The van der Waals surface area contributed by atoms with Crippen molar-refractivity contribution in [1.82, 2.24) is 15.5 Å². The Hall–Kier alpha value is -1.82. The highest BCUT2D eigenvalue weighted by molar-refractivity contribution is 5.21. The number of anilines is 1. The third kappa shape index (κ3) is 2.40. The Balaban J connectivity index is 1.93. The van der Waals surface area contributed by atoms with Gasteiger partial charge in [0.15, 0.2) is 0 Å². The Morgan fingerprint density at radius 3 is 3.00 bits per heavy atom. The standard InChI is InChI=1S/C10H14N4O2/c1-7(11-2)9-13-14-10(16-9)12-5-8-3-4-15-6-8/h3-4,6-7,11H,5H2,1-2H3,(H,12,14). The fourth-order valence-corrected chi connectivity index (χ4v) is 1.18. The molecule has 2 rings (SSSR count). The average Bonchev–Trinajstić information content (AvgIpc) is 2.96. The van der Waals surface area contributed by atoms with Gasteiger partial charge in [0.25, 0.3) is 0 Å². The van der Waals surface area contributed by atoms with Gasteiger partial charge in [0, 0.05) is 12.1 Å². The minimum atomic E-state index is 0.0528. The van der Waals surface area contributed by atoms with Crippen molar-refractivity contribution >= 4 is 6.01 Å². The molecule has 2 aromatic heterocycles. The Morgan fingerprint density at radius 2 is 2.31 bits per heavy atom. The molecule has 0 aliphatic carbocycles. The largest absolute Gasteiger partial charge is 0.472 e. The molecule has 1 atom stereocenters. The molecule has 0 spiro atoms. The molecule has 2 heterocycles. The fourth-order valence-electron chi connectivity index (χ4n) is 1.18. The molecule has 0 saturated heterocycles. The number of furan rings is 1. The van der Waals surface area contributed by atoms with E-state index in [1.165, 1.54) is 0 Å². The summed E-state index contributed by atoms with van der Waals surface area (Å²) >= 11 is 0. The van der Waals surface area contributed by atoms with Gasteiger partial charge >= 0.3 is 6.01 Å². The lowest BCUT2D eigenvalue weighted by Crippen LogP contribution is -2.12. The first kappa shape index (κ1) is 10.7. The maximum Gasteiger partial charge on any atom is 0.315 e. The predicted molar refractivity (Wildman–Crippen MR) is 57.8 cm³/mol. The minimum Gasteiger partial charge on any atom is -0.472 e. The Labute approximate surface area is 93.0 Å². The predicted octanol–water partition coefficient (Wildman–Crippen LogP) is 1.56. The molecule has 1 unspecified atom stereocenters. The number of nitrogens with zero attached hydrogens (tertiary/aromatic N) is 2. The lowest BCUT2D eigenvalue weighted by atomic mass is 10.3. The van der Waals surface area contributed by atoms with Crippen molar-refractivity contribution in [1.29, 1.82) is 0 Å². The van der Waals surface area contributed by atoms with Crippen molar-refractivity contribution in [2.75, 3.05) is 12.4 Å². The third-order valence-electron chi connectivity index (χ3n) is 2.27. The summed E-state index contributed by atoms with van der Waals surface area (Å²) < 4.78 is 10.4. The van der Waals surface area contributed by atoms with E-state index >= 15 is 0 Å². The van der Waals surface area contributed by atoms with Crippen LogP contribution in [-0.4, -0.2) is 17.2 Å². The summed E-state index contributed by atoms with van der Waals surface area (Å²) in [6, 6.07) is 2.34. The first-order valence-corrected chi connectivity index (χ1v) is 5.05. The van der Waals surface area contributed by atoms with E-state index in [1.807, 2.05) is 20.0 Å². The molecule has 0 fully saturated rings. The van der Waals surface area contributed by atoms with E-state index in [4.69, 9.17) is 8.83 Å². The Kier molecular flexibility index (Phi) is 3.21. The first-order chi connectivity index (χ1) is 7.79. The van der Waals surface area contributed by atoms with Gasteiger partial charge in [-0.1, -0.05) is 5.10 Å². The molecule has 0 aliphatic heterocycles. The molecule has 6 heteroatoms. The highest BCUT2D eigenvalue weighted by atomic mass is 16.4. The topological polar surface area (TPSA) is 76.1 Å². The van der Waals surface area contributed by atoms with Crippen LogP contribution in [0.3, 0.4) is 0 Å². The summed E-state index contributed by atoms with van der Waals surface area (Å²) in [7, 11) is 1.84. The molecule has 0 radical (unpaired) electrons. The van der Waals surface area contributed by atoms with Crippen LogP contribution in [0.5, 0.6) is 0 Å². The molecule has 0 saturated carbocycles. The van der Waals surface area contributed by atoms with E-state index in [-0.39, 0.29) is 6.04 Å². The van der Waals surface area contributed by atoms with Crippen LogP contribution in [0.4, 0.5) is 6.01 Å². The summed E-state index contributed by atoms with van der Waals surface area (Å²) in [6.07, 6.45) is 3.29. The second kappa shape index (κ2) is 4.80. The van der Waals surface area contributed by atoms with Gasteiger partial charge in [-0.3, -0.25) is 0 Å². The van der Waals surface area contributed by atoms with E-state index in [0.29, 0.717) is 18.5 Å². The van der Waals surface area contributed by atoms with Crippen LogP contribution in [0.15, 0.2) is 27.4 Å². The van der Waals surface area contributed by atoms with Gasteiger partial charge in [-0.2, -0.15) is 0 Å². The smallest absolute Gasteiger partial charge is 0.315 e. The summed E-state index contributed by atoms with van der Waals surface area (Å²) in [5.74, 6) is 0.567. The van der Waals surface area contributed by atoms with E-state index in [2.05, 4.69) is 20.8 Å². The normalized spacial score (nSPS) is 12.6. The third-order valence-corrected chi connectivity index (χ3v) is 2.27. The van der Waals surface area contributed by atoms with Crippen LogP contribution < -0.4 is 10.6 Å². The number of hydrogen-bond acceptors (Lipinski definition) is 6.